The van der Waals surface area contributed by atoms with Crippen LogP contribution < -0.4 is 0 Å². The van der Waals surface area contributed by atoms with Gasteiger partial charge >= 0.3 is 0 Å². The van der Waals surface area contributed by atoms with Gasteiger partial charge in [-0.25, -0.2) is 0 Å². The summed E-state index contributed by atoms with van der Waals surface area (Å²) in [4.78, 5) is 0. The minimum Gasteiger partial charge on any atom is -0.147 e. The van der Waals surface area contributed by atoms with E-state index in [1.807, 2.05) is 0 Å². The second kappa shape index (κ2) is 4.35. The predicted octanol–water partition coefficient (Wildman–Crippen LogP) is 2.98. The average Bonchev–Trinajstić information content (AvgIpc) is 1.88. The lowest BCUT2D eigenvalue weighted by Crippen LogP contribution is -1.78. The largest absolute Gasteiger partial charge is 0.147 e. The van der Waals surface area contributed by atoms with E-state index in [2.05, 4.69) is 38.1 Å². The molecule has 0 saturated heterocycles. The lowest BCUT2D eigenvalue weighted by molar-refractivity contribution is 1.13. The number of aryl methyl sites for hydroxylation is 2. The highest BCUT2D eigenvalue weighted by atomic mass is 35.5. The van der Waals surface area contributed by atoms with Crippen molar-refractivity contribution < 1.29 is 0 Å². The minimum absolute atomic E-state index is 0. The van der Waals surface area contributed by atoms with Crippen molar-refractivity contribution in [2.24, 2.45) is 0 Å². The number of rotatable bonds is 1. The van der Waals surface area contributed by atoms with E-state index in [-0.39, 0.29) is 12.4 Å². The van der Waals surface area contributed by atoms with Crippen LogP contribution in [0.2, 0.25) is 0 Å². The molecule has 1 heteroatoms. The normalized spacial score (nSPS) is 8.60. The Morgan fingerprint density at radius 1 is 1.30 bits per heavy atom. The highest BCUT2D eigenvalue weighted by molar-refractivity contribution is 5.85. The molecule has 0 fully saturated rings. The maximum atomic E-state index is 2.22. The zero-order valence-corrected chi connectivity index (χ0v) is 7.24. The summed E-state index contributed by atoms with van der Waals surface area (Å²) in [5.41, 5.74) is 2.78. The third-order valence-electron chi connectivity index (χ3n) is 1.49. The van der Waals surface area contributed by atoms with Gasteiger partial charge in [0.25, 0.3) is 0 Å². The summed E-state index contributed by atoms with van der Waals surface area (Å²) in [7, 11) is 0. The van der Waals surface area contributed by atoms with E-state index >= 15 is 0 Å². The number of hydrogen-bond acceptors (Lipinski definition) is 0. The molecule has 0 saturated carbocycles. The van der Waals surface area contributed by atoms with Crippen LogP contribution in [0.15, 0.2) is 24.3 Å². The molecule has 0 aliphatic carbocycles. The third-order valence-corrected chi connectivity index (χ3v) is 1.49. The molecule has 0 aliphatic heterocycles. The Balaban J connectivity index is 0.000000810. The van der Waals surface area contributed by atoms with E-state index in [0.29, 0.717) is 0 Å². The highest BCUT2D eigenvalue weighted by Crippen LogP contribution is 2.03. The molecule has 0 aromatic heterocycles. The van der Waals surface area contributed by atoms with Crippen LogP contribution in [0.4, 0.5) is 0 Å². The van der Waals surface area contributed by atoms with Gasteiger partial charge in [-0.05, 0) is 18.9 Å². The maximum absolute atomic E-state index is 2.22. The lowest BCUT2D eigenvalue weighted by atomic mass is 10.1. The van der Waals surface area contributed by atoms with Gasteiger partial charge < -0.3 is 0 Å². The summed E-state index contributed by atoms with van der Waals surface area (Å²) in [5, 5.41) is 0. The Labute approximate surface area is 68.7 Å². The van der Waals surface area contributed by atoms with E-state index in [1.54, 1.807) is 0 Å². The van der Waals surface area contributed by atoms with Crippen LogP contribution in [0.5, 0.6) is 0 Å². The van der Waals surface area contributed by atoms with Gasteiger partial charge in [0, 0.05) is 0 Å². The predicted molar refractivity (Wildman–Crippen MR) is 47.8 cm³/mol. The standard InChI is InChI=1S/C9H12.ClH/c1-3-9-6-4-5-8(2)7-9;/h4-7H,3H2,1-2H3;1H. The monoisotopic (exact) mass is 156 g/mol. The van der Waals surface area contributed by atoms with Crippen molar-refractivity contribution in [1.29, 1.82) is 0 Å². The molecule has 56 valence electrons. The fraction of sp³-hybridized carbons (Fsp3) is 0.333. The molecular formula is C9H13Cl. The van der Waals surface area contributed by atoms with E-state index in [9.17, 15) is 0 Å². The van der Waals surface area contributed by atoms with Gasteiger partial charge in [-0.2, -0.15) is 0 Å². The molecule has 0 amide bonds. The van der Waals surface area contributed by atoms with Crippen LogP contribution in [-0.2, 0) is 6.42 Å². The van der Waals surface area contributed by atoms with Crippen LogP contribution in [0.25, 0.3) is 0 Å². The molecular weight excluding hydrogens is 144 g/mol. The van der Waals surface area contributed by atoms with Crippen LogP contribution in [-0.4, -0.2) is 0 Å². The number of halogens is 1. The Kier molecular flexibility index (Phi) is 4.13. The maximum Gasteiger partial charge on any atom is -0.0307 e. The van der Waals surface area contributed by atoms with E-state index in [4.69, 9.17) is 0 Å². The zero-order valence-electron chi connectivity index (χ0n) is 6.42. The second-order valence-corrected chi connectivity index (χ2v) is 2.34. The Morgan fingerprint density at radius 3 is 2.40 bits per heavy atom. The van der Waals surface area contributed by atoms with Crippen LogP contribution in [0.3, 0.4) is 0 Å². The quantitative estimate of drug-likeness (QED) is 0.587. The summed E-state index contributed by atoms with van der Waals surface area (Å²) in [5.74, 6) is 0. The lowest BCUT2D eigenvalue weighted by Gasteiger charge is -1.95. The molecule has 0 radical (unpaired) electrons. The summed E-state index contributed by atoms with van der Waals surface area (Å²) < 4.78 is 0. The van der Waals surface area contributed by atoms with Gasteiger partial charge in [0.05, 0.1) is 0 Å². The topological polar surface area (TPSA) is 0 Å². The van der Waals surface area contributed by atoms with Gasteiger partial charge in [-0.15, -0.1) is 12.4 Å². The van der Waals surface area contributed by atoms with Crippen molar-refractivity contribution in [3.05, 3.63) is 35.4 Å². The van der Waals surface area contributed by atoms with Gasteiger partial charge in [-0.1, -0.05) is 36.8 Å². The zero-order chi connectivity index (χ0) is 6.69. The van der Waals surface area contributed by atoms with Crippen molar-refractivity contribution in [1.82, 2.24) is 0 Å². The van der Waals surface area contributed by atoms with Gasteiger partial charge in [0.15, 0.2) is 0 Å². The Morgan fingerprint density at radius 2 is 2.00 bits per heavy atom. The fourth-order valence-corrected chi connectivity index (χ4v) is 0.932. The van der Waals surface area contributed by atoms with E-state index in [1.165, 1.54) is 11.1 Å². The van der Waals surface area contributed by atoms with Crippen molar-refractivity contribution in [2.75, 3.05) is 0 Å². The average molecular weight is 157 g/mol. The molecule has 0 nitrogen and oxygen atoms in total. The van der Waals surface area contributed by atoms with Crippen LogP contribution >= 0.6 is 12.4 Å². The molecule has 0 aliphatic rings. The van der Waals surface area contributed by atoms with Gasteiger partial charge in [-0.3, -0.25) is 0 Å². The molecule has 0 unspecified atom stereocenters. The molecule has 0 heterocycles. The summed E-state index contributed by atoms with van der Waals surface area (Å²) in [6.45, 7) is 4.30. The third kappa shape index (κ3) is 2.40. The second-order valence-electron chi connectivity index (χ2n) is 2.34. The summed E-state index contributed by atoms with van der Waals surface area (Å²) >= 11 is 0. The number of benzene rings is 1. The molecule has 1 aromatic rings. The molecule has 0 bridgehead atoms. The smallest absolute Gasteiger partial charge is 0.0307 e. The SMILES string of the molecule is CCc1cccc(C)c1.Cl. The first-order valence-electron chi connectivity index (χ1n) is 3.38. The molecule has 10 heavy (non-hydrogen) atoms. The van der Waals surface area contributed by atoms with Crippen molar-refractivity contribution in [2.45, 2.75) is 20.3 Å². The summed E-state index contributed by atoms with van der Waals surface area (Å²) in [6, 6.07) is 8.61. The molecule has 1 aromatic carbocycles. The molecule has 0 atom stereocenters. The summed E-state index contributed by atoms with van der Waals surface area (Å²) in [6.07, 6.45) is 1.14. The first-order chi connectivity index (χ1) is 4.33. The van der Waals surface area contributed by atoms with E-state index < -0.39 is 0 Å². The van der Waals surface area contributed by atoms with E-state index in [0.717, 1.165) is 6.42 Å². The Bertz CT molecular complexity index is 194. The fourth-order valence-electron chi connectivity index (χ4n) is 0.932. The number of hydrogen-bond donors (Lipinski definition) is 0. The van der Waals surface area contributed by atoms with Gasteiger partial charge in [0.2, 0.25) is 0 Å². The molecule has 1 rings (SSSR count). The molecule has 0 spiro atoms. The highest BCUT2D eigenvalue weighted by Gasteiger charge is 1.85. The van der Waals surface area contributed by atoms with Crippen molar-refractivity contribution in [3.8, 4) is 0 Å². The Hall–Kier alpha value is -0.490. The van der Waals surface area contributed by atoms with Gasteiger partial charge in [0.1, 0.15) is 0 Å². The first kappa shape index (κ1) is 9.51. The molecule has 0 N–H and O–H groups in total. The van der Waals surface area contributed by atoms with Crippen molar-refractivity contribution >= 4 is 12.4 Å². The van der Waals surface area contributed by atoms with Crippen molar-refractivity contribution in [3.63, 3.8) is 0 Å². The minimum atomic E-state index is 0. The van der Waals surface area contributed by atoms with Crippen LogP contribution in [0, 0.1) is 6.92 Å². The first-order valence-corrected chi connectivity index (χ1v) is 3.38. The van der Waals surface area contributed by atoms with Crippen LogP contribution in [0.1, 0.15) is 18.1 Å².